The number of benzene rings is 2. The predicted octanol–water partition coefficient (Wildman–Crippen LogP) is 6.41. The number of hydrogen-bond acceptors (Lipinski definition) is 9. The fourth-order valence-electron chi connectivity index (χ4n) is 5.59. The van der Waals surface area contributed by atoms with E-state index in [-0.39, 0.29) is 18.4 Å². The number of nitrogens with zero attached hydrogens (tertiary/aromatic N) is 4. The molecule has 18 heteroatoms. The van der Waals surface area contributed by atoms with Crippen molar-refractivity contribution >= 4 is 32.7 Å². The molecular formula is C32H37F6N7O4S. The van der Waals surface area contributed by atoms with E-state index in [0.29, 0.717) is 31.9 Å². The molecule has 0 amide bonds. The number of para-hydroxylation sites is 1. The summed E-state index contributed by atoms with van der Waals surface area (Å²) in [6.07, 6.45) is -0.305. The highest BCUT2D eigenvalue weighted by Gasteiger charge is 2.32. The molecule has 0 spiro atoms. The van der Waals surface area contributed by atoms with Crippen LogP contribution >= 0.6 is 0 Å². The molecule has 0 radical (unpaired) electrons. The standard InChI is InChI=1S/C32H37F6N7O4S/c33-31(34,35)19-48-24-10-11-27(49-20-32(36,37)38)28(16-24)50(46,47)42-18-23-8-6-22(7-9-23)17-41-30-43-26-5-2-1-4-25(26)29(44-30)40-12-3-14-45-15-13-39-21-45/h1-2,4-5,10-11,13,15-16,21-23,42H,3,6-9,12,14,17-20H2,(H2,40,41,43,44). The van der Waals surface area contributed by atoms with Crippen molar-refractivity contribution in [2.45, 2.75) is 55.9 Å². The van der Waals surface area contributed by atoms with Crippen molar-refractivity contribution in [2.24, 2.45) is 11.8 Å². The van der Waals surface area contributed by atoms with Crippen molar-refractivity contribution in [2.75, 3.05) is 43.5 Å². The van der Waals surface area contributed by atoms with Crippen molar-refractivity contribution in [1.29, 1.82) is 0 Å². The lowest BCUT2D eigenvalue weighted by molar-refractivity contribution is -0.154. The second-order valence-electron chi connectivity index (χ2n) is 12.0. The van der Waals surface area contributed by atoms with Gasteiger partial charge in [-0.1, -0.05) is 12.1 Å². The molecule has 0 unspecified atom stereocenters. The summed E-state index contributed by atoms with van der Waals surface area (Å²) in [5, 5.41) is 7.66. The maximum absolute atomic E-state index is 13.2. The fourth-order valence-corrected chi connectivity index (χ4v) is 6.86. The molecule has 272 valence electrons. The molecule has 1 fully saturated rings. The highest BCUT2D eigenvalue weighted by molar-refractivity contribution is 7.89. The average molecular weight is 730 g/mol. The highest BCUT2D eigenvalue weighted by Crippen LogP contribution is 2.33. The number of rotatable bonds is 16. The van der Waals surface area contributed by atoms with Crippen LogP contribution < -0.4 is 24.8 Å². The zero-order chi connectivity index (χ0) is 35.8. The Morgan fingerprint density at radius 3 is 2.26 bits per heavy atom. The summed E-state index contributed by atoms with van der Waals surface area (Å²) in [6.45, 7) is -1.40. The van der Waals surface area contributed by atoms with Gasteiger partial charge < -0.3 is 24.7 Å². The van der Waals surface area contributed by atoms with Crippen molar-refractivity contribution in [3.63, 3.8) is 0 Å². The van der Waals surface area contributed by atoms with Crippen molar-refractivity contribution < 1.29 is 44.2 Å². The van der Waals surface area contributed by atoms with Crippen LogP contribution in [-0.4, -0.2) is 73.1 Å². The first-order valence-electron chi connectivity index (χ1n) is 16.0. The Morgan fingerprint density at radius 1 is 0.860 bits per heavy atom. The zero-order valence-electron chi connectivity index (χ0n) is 26.8. The second kappa shape index (κ2) is 16.1. The molecule has 2 heterocycles. The van der Waals surface area contributed by atoms with Crippen LogP contribution in [0.4, 0.5) is 38.1 Å². The Bertz CT molecular complexity index is 1800. The van der Waals surface area contributed by atoms with E-state index < -0.39 is 52.0 Å². The summed E-state index contributed by atoms with van der Waals surface area (Å²) in [5.41, 5.74) is 0.794. The Hall–Kier alpha value is -4.32. The Morgan fingerprint density at radius 2 is 1.56 bits per heavy atom. The Balaban J connectivity index is 1.14. The molecule has 2 aromatic carbocycles. The molecule has 2 aromatic heterocycles. The molecule has 1 saturated carbocycles. The van der Waals surface area contributed by atoms with E-state index in [1.165, 1.54) is 0 Å². The maximum Gasteiger partial charge on any atom is 0.422 e. The van der Waals surface area contributed by atoms with Crippen molar-refractivity contribution in [3.05, 3.63) is 61.2 Å². The van der Waals surface area contributed by atoms with Crippen LogP contribution in [0.25, 0.3) is 10.9 Å². The van der Waals surface area contributed by atoms with Gasteiger partial charge in [0, 0.05) is 50.0 Å². The van der Waals surface area contributed by atoms with Gasteiger partial charge in [0.25, 0.3) is 0 Å². The number of hydrogen-bond donors (Lipinski definition) is 3. The number of halogens is 6. The van der Waals surface area contributed by atoms with Gasteiger partial charge in [0.15, 0.2) is 13.2 Å². The number of aryl methyl sites for hydroxylation is 1. The fraction of sp³-hybridized carbons (Fsp3) is 0.469. The van der Waals surface area contributed by atoms with Crippen molar-refractivity contribution in [1.82, 2.24) is 24.2 Å². The smallest absolute Gasteiger partial charge is 0.422 e. The number of imidazole rings is 1. The monoisotopic (exact) mass is 729 g/mol. The largest absolute Gasteiger partial charge is 0.484 e. The van der Waals surface area contributed by atoms with Gasteiger partial charge in [-0.15, -0.1) is 0 Å². The third kappa shape index (κ3) is 11.1. The highest BCUT2D eigenvalue weighted by atomic mass is 32.2. The summed E-state index contributed by atoms with van der Waals surface area (Å²) in [7, 11) is -4.48. The zero-order valence-corrected chi connectivity index (χ0v) is 27.6. The molecule has 3 N–H and O–H groups in total. The van der Waals surface area contributed by atoms with Crippen LogP contribution in [0.15, 0.2) is 66.1 Å². The number of aromatic nitrogens is 4. The number of sulfonamides is 1. The number of fused-ring (bicyclic) bond motifs is 1. The number of nitrogens with one attached hydrogen (secondary N) is 3. The van der Waals surface area contributed by atoms with Crippen molar-refractivity contribution in [3.8, 4) is 11.5 Å². The van der Waals surface area contributed by atoms with Gasteiger partial charge >= 0.3 is 12.4 Å². The molecule has 0 bridgehead atoms. The summed E-state index contributed by atoms with van der Waals surface area (Å²) in [4.78, 5) is 12.7. The molecular weight excluding hydrogens is 692 g/mol. The van der Waals surface area contributed by atoms with Crippen LogP contribution in [0, 0.1) is 11.8 Å². The third-order valence-electron chi connectivity index (χ3n) is 8.12. The minimum Gasteiger partial charge on any atom is -0.484 e. The van der Waals surface area contributed by atoms with Gasteiger partial charge in [0.2, 0.25) is 16.0 Å². The van der Waals surface area contributed by atoms with E-state index >= 15 is 0 Å². The number of alkyl halides is 6. The summed E-state index contributed by atoms with van der Waals surface area (Å²) in [6, 6.07) is 10.2. The SMILES string of the molecule is O=S(=O)(NCC1CCC(CNc2nc(NCCCn3ccnc3)c3ccccc3n2)CC1)c1cc(OCC(F)(F)F)ccc1OCC(F)(F)F. The van der Waals surface area contributed by atoms with Crippen LogP contribution in [0.3, 0.4) is 0 Å². The van der Waals surface area contributed by atoms with E-state index in [2.05, 4.69) is 34.8 Å². The molecule has 5 rings (SSSR count). The van der Waals surface area contributed by atoms with Gasteiger partial charge in [-0.25, -0.2) is 23.1 Å². The van der Waals surface area contributed by atoms with E-state index in [0.717, 1.165) is 60.7 Å². The van der Waals surface area contributed by atoms with Crippen LogP contribution in [0.5, 0.6) is 11.5 Å². The lowest BCUT2D eigenvalue weighted by Crippen LogP contribution is -2.33. The Kier molecular flexibility index (Phi) is 11.9. The summed E-state index contributed by atoms with van der Waals surface area (Å²) >= 11 is 0. The lowest BCUT2D eigenvalue weighted by atomic mass is 9.82. The quantitative estimate of drug-likeness (QED) is 0.0885. The normalized spacial score (nSPS) is 17.1. The molecule has 0 atom stereocenters. The molecule has 11 nitrogen and oxygen atoms in total. The number of anilines is 2. The van der Waals surface area contributed by atoms with Crippen LogP contribution in [0.2, 0.25) is 0 Å². The summed E-state index contributed by atoms with van der Waals surface area (Å²) in [5.74, 6) is 0.256. The van der Waals surface area contributed by atoms with Gasteiger partial charge in [-0.3, -0.25) is 0 Å². The predicted molar refractivity (Wildman–Crippen MR) is 174 cm³/mol. The first-order valence-corrected chi connectivity index (χ1v) is 17.5. The number of ether oxygens (including phenoxy) is 2. The molecule has 0 saturated heterocycles. The molecule has 4 aromatic rings. The first-order chi connectivity index (χ1) is 23.7. The molecule has 50 heavy (non-hydrogen) atoms. The molecule has 1 aliphatic carbocycles. The van der Waals surface area contributed by atoms with Gasteiger partial charge in [-0.05, 0) is 68.2 Å². The van der Waals surface area contributed by atoms with E-state index in [9.17, 15) is 34.8 Å². The summed E-state index contributed by atoms with van der Waals surface area (Å²) < 4.78 is 116. The van der Waals surface area contributed by atoms with E-state index in [1.807, 2.05) is 35.0 Å². The minimum atomic E-state index is -4.77. The Labute approximate surface area is 284 Å². The minimum absolute atomic E-state index is 0.0154. The van der Waals surface area contributed by atoms with E-state index in [4.69, 9.17) is 4.98 Å². The molecule has 0 aliphatic heterocycles. The second-order valence-corrected chi connectivity index (χ2v) is 13.8. The maximum atomic E-state index is 13.2. The first kappa shape index (κ1) is 36.9. The van der Waals surface area contributed by atoms with Gasteiger partial charge in [0.1, 0.15) is 22.2 Å². The van der Waals surface area contributed by atoms with Crippen LogP contribution in [-0.2, 0) is 16.6 Å². The van der Waals surface area contributed by atoms with Crippen LogP contribution in [0.1, 0.15) is 32.1 Å². The van der Waals surface area contributed by atoms with Gasteiger partial charge in [0.05, 0.1) is 11.8 Å². The van der Waals surface area contributed by atoms with Gasteiger partial charge in [-0.2, -0.15) is 31.3 Å². The lowest BCUT2D eigenvalue weighted by Gasteiger charge is -2.29. The topological polar surface area (TPSA) is 132 Å². The molecule has 1 aliphatic rings. The third-order valence-corrected chi connectivity index (χ3v) is 9.57. The average Bonchev–Trinajstić information content (AvgIpc) is 3.60. The van der Waals surface area contributed by atoms with E-state index in [1.54, 1.807) is 12.5 Å².